The number of sulfonamides is 1. The SMILES string of the molecule is CCS(=O)(=O)N1CCC(NC(=O)CCc2ccccc2F)CC1. The second-order valence-corrected chi connectivity index (χ2v) is 7.99. The Balaban J connectivity index is 1.76. The number of carbonyl (C=O) groups excluding carboxylic acids is 1. The van der Waals surface area contributed by atoms with E-state index < -0.39 is 10.0 Å². The number of hydrogen-bond donors (Lipinski definition) is 1. The predicted molar refractivity (Wildman–Crippen MR) is 86.9 cm³/mol. The summed E-state index contributed by atoms with van der Waals surface area (Å²) in [5.74, 6) is -0.310. The van der Waals surface area contributed by atoms with Crippen molar-refractivity contribution in [3.8, 4) is 0 Å². The molecule has 1 amide bonds. The number of halogens is 1. The van der Waals surface area contributed by atoms with E-state index in [0.717, 1.165) is 0 Å². The van der Waals surface area contributed by atoms with E-state index in [2.05, 4.69) is 5.32 Å². The van der Waals surface area contributed by atoms with E-state index in [9.17, 15) is 17.6 Å². The number of carbonyl (C=O) groups is 1. The normalized spacial score (nSPS) is 17.1. The smallest absolute Gasteiger partial charge is 0.220 e. The van der Waals surface area contributed by atoms with Gasteiger partial charge in [0.1, 0.15) is 5.82 Å². The minimum absolute atomic E-state index is 0.00794. The number of nitrogens with zero attached hydrogens (tertiary/aromatic N) is 1. The number of benzene rings is 1. The van der Waals surface area contributed by atoms with Gasteiger partial charge in [0.2, 0.25) is 15.9 Å². The maximum absolute atomic E-state index is 13.5. The molecular formula is C16H23FN2O3S. The van der Waals surface area contributed by atoms with Gasteiger partial charge < -0.3 is 5.32 Å². The summed E-state index contributed by atoms with van der Waals surface area (Å²) in [6.07, 6.45) is 1.82. The molecular weight excluding hydrogens is 319 g/mol. The van der Waals surface area contributed by atoms with E-state index in [0.29, 0.717) is 37.9 Å². The summed E-state index contributed by atoms with van der Waals surface area (Å²) in [5.41, 5.74) is 0.534. The second kappa shape index (κ2) is 7.88. The van der Waals surface area contributed by atoms with Gasteiger partial charge in [0.15, 0.2) is 0 Å². The third kappa shape index (κ3) is 5.00. The molecule has 1 aliphatic rings. The van der Waals surface area contributed by atoms with Crippen molar-refractivity contribution in [1.82, 2.24) is 9.62 Å². The fourth-order valence-corrected chi connectivity index (χ4v) is 3.84. The largest absolute Gasteiger partial charge is 0.353 e. The van der Waals surface area contributed by atoms with E-state index in [1.54, 1.807) is 25.1 Å². The zero-order valence-corrected chi connectivity index (χ0v) is 14.1. The van der Waals surface area contributed by atoms with Crippen LogP contribution in [0.2, 0.25) is 0 Å². The van der Waals surface area contributed by atoms with Crippen LogP contribution in [0.15, 0.2) is 24.3 Å². The van der Waals surface area contributed by atoms with Crippen molar-refractivity contribution >= 4 is 15.9 Å². The minimum Gasteiger partial charge on any atom is -0.353 e. The van der Waals surface area contributed by atoms with Crippen molar-refractivity contribution in [1.29, 1.82) is 0 Å². The Morgan fingerprint density at radius 2 is 1.96 bits per heavy atom. The summed E-state index contributed by atoms with van der Waals surface area (Å²) in [6.45, 7) is 2.51. The quantitative estimate of drug-likeness (QED) is 0.855. The van der Waals surface area contributed by atoms with E-state index in [1.807, 2.05) is 0 Å². The Labute approximate surface area is 136 Å². The zero-order valence-electron chi connectivity index (χ0n) is 13.3. The maximum Gasteiger partial charge on any atom is 0.220 e. The molecule has 0 bridgehead atoms. The first-order valence-corrected chi connectivity index (χ1v) is 9.54. The van der Waals surface area contributed by atoms with Crippen molar-refractivity contribution in [3.63, 3.8) is 0 Å². The highest BCUT2D eigenvalue weighted by atomic mass is 32.2. The van der Waals surface area contributed by atoms with Crippen molar-refractivity contribution < 1.29 is 17.6 Å². The van der Waals surface area contributed by atoms with Gasteiger partial charge >= 0.3 is 0 Å². The van der Waals surface area contributed by atoms with Crippen molar-refractivity contribution in [2.75, 3.05) is 18.8 Å². The van der Waals surface area contributed by atoms with Crippen LogP contribution in [0.5, 0.6) is 0 Å². The van der Waals surface area contributed by atoms with Gasteiger partial charge in [-0.1, -0.05) is 18.2 Å². The van der Waals surface area contributed by atoms with Gasteiger partial charge in [-0.15, -0.1) is 0 Å². The second-order valence-electron chi connectivity index (χ2n) is 5.73. The van der Waals surface area contributed by atoms with E-state index >= 15 is 0 Å². The minimum atomic E-state index is -3.15. The van der Waals surface area contributed by atoms with Gasteiger partial charge in [-0.2, -0.15) is 0 Å². The molecule has 1 heterocycles. The lowest BCUT2D eigenvalue weighted by molar-refractivity contribution is -0.122. The van der Waals surface area contributed by atoms with Gasteiger partial charge in [0, 0.05) is 25.6 Å². The number of aryl methyl sites for hydroxylation is 1. The Morgan fingerprint density at radius 3 is 2.57 bits per heavy atom. The molecule has 0 radical (unpaired) electrons. The van der Waals surface area contributed by atoms with Gasteiger partial charge in [-0.05, 0) is 37.8 Å². The van der Waals surface area contributed by atoms with Crippen molar-refractivity contribution in [2.24, 2.45) is 0 Å². The van der Waals surface area contributed by atoms with E-state index in [-0.39, 0.29) is 29.9 Å². The molecule has 2 rings (SSSR count). The highest BCUT2D eigenvalue weighted by Gasteiger charge is 2.27. The molecule has 0 atom stereocenters. The monoisotopic (exact) mass is 342 g/mol. The molecule has 0 unspecified atom stereocenters. The lowest BCUT2D eigenvalue weighted by Crippen LogP contribution is -2.46. The third-order valence-electron chi connectivity index (χ3n) is 4.16. The highest BCUT2D eigenvalue weighted by Crippen LogP contribution is 2.15. The van der Waals surface area contributed by atoms with Crippen LogP contribution in [0.1, 0.15) is 31.7 Å². The predicted octanol–water partition coefficient (Wildman–Crippen LogP) is 1.69. The van der Waals surface area contributed by atoms with E-state index in [4.69, 9.17) is 0 Å². The van der Waals surface area contributed by atoms with Crippen LogP contribution in [-0.2, 0) is 21.2 Å². The summed E-state index contributed by atoms with van der Waals surface area (Å²) in [7, 11) is -3.15. The standard InChI is InChI=1S/C16H23FN2O3S/c1-2-23(21,22)19-11-9-14(10-12-19)18-16(20)8-7-13-5-3-4-6-15(13)17/h3-6,14H,2,7-12H2,1H3,(H,18,20). The average molecular weight is 342 g/mol. The molecule has 5 nitrogen and oxygen atoms in total. The summed E-state index contributed by atoms with van der Waals surface area (Å²) < 4.78 is 38.5. The Kier molecular flexibility index (Phi) is 6.12. The first kappa shape index (κ1) is 17.9. The van der Waals surface area contributed by atoms with Crippen LogP contribution in [0, 0.1) is 5.82 Å². The molecule has 0 aliphatic carbocycles. The molecule has 0 saturated carbocycles. The number of amides is 1. The fourth-order valence-electron chi connectivity index (χ4n) is 2.71. The number of nitrogens with one attached hydrogen (secondary N) is 1. The van der Waals surface area contributed by atoms with Gasteiger partial charge in [-0.25, -0.2) is 17.1 Å². The lowest BCUT2D eigenvalue weighted by atomic mass is 10.1. The molecule has 7 heteroatoms. The van der Waals surface area contributed by atoms with Crippen LogP contribution in [0.3, 0.4) is 0 Å². The Morgan fingerprint density at radius 1 is 1.30 bits per heavy atom. The summed E-state index contributed by atoms with van der Waals surface area (Å²) in [4.78, 5) is 12.0. The molecule has 1 aliphatic heterocycles. The molecule has 1 N–H and O–H groups in total. The first-order valence-electron chi connectivity index (χ1n) is 7.93. The Hall–Kier alpha value is -1.47. The summed E-state index contributed by atoms with van der Waals surface area (Å²) in [5, 5.41) is 2.92. The maximum atomic E-state index is 13.5. The molecule has 1 aromatic rings. The van der Waals surface area contributed by atoms with Crippen LogP contribution in [0.4, 0.5) is 4.39 Å². The topological polar surface area (TPSA) is 66.5 Å². The van der Waals surface area contributed by atoms with Crippen LogP contribution in [-0.4, -0.2) is 43.5 Å². The van der Waals surface area contributed by atoms with Crippen molar-refractivity contribution in [2.45, 2.75) is 38.6 Å². The molecule has 128 valence electrons. The highest BCUT2D eigenvalue weighted by molar-refractivity contribution is 7.89. The number of hydrogen-bond acceptors (Lipinski definition) is 3. The molecule has 0 aromatic heterocycles. The van der Waals surface area contributed by atoms with Gasteiger partial charge in [0.25, 0.3) is 0 Å². The molecule has 1 saturated heterocycles. The van der Waals surface area contributed by atoms with Crippen LogP contribution < -0.4 is 5.32 Å². The first-order chi connectivity index (χ1) is 10.9. The third-order valence-corrected chi connectivity index (χ3v) is 6.04. The van der Waals surface area contributed by atoms with Gasteiger partial charge in [-0.3, -0.25) is 4.79 Å². The Bertz CT molecular complexity index is 640. The molecule has 23 heavy (non-hydrogen) atoms. The summed E-state index contributed by atoms with van der Waals surface area (Å²) >= 11 is 0. The molecule has 1 aromatic carbocycles. The van der Waals surface area contributed by atoms with Gasteiger partial charge in [0.05, 0.1) is 5.75 Å². The molecule has 0 spiro atoms. The zero-order chi connectivity index (χ0) is 16.9. The lowest BCUT2D eigenvalue weighted by Gasteiger charge is -2.31. The van der Waals surface area contributed by atoms with E-state index in [1.165, 1.54) is 10.4 Å². The van der Waals surface area contributed by atoms with Crippen LogP contribution >= 0.6 is 0 Å². The number of piperidine rings is 1. The summed E-state index contributed by atoms with van der Waals surface area (Å²) in [6, 6.07) is 6.43. The molecule has 1 fully saturated rings. The average Bonchev–Trinajstić information content (AvgIpc) is 2.54. The fraction of sp³-hybridized carbons (Fsp3) is 0.562. The van der Waals surface area contributed by atoms with Crippen LogP contribution in [0.25, 0.3) is 0 Å². The van der Waals surface area contributed by atoms with Crippen molar-refractivity contribution in [3.05, 3.63) is 35.6 Å². The number of rotatable bonds is 6.